The Kier molecular flexibility index (Phi) is 4.88. The standard InChI is InChI=1S/C20H12Cl2F3N3O/c21-13-7-5-12(6-8-13)17-18(14-3-1-2-4-15(14)22)26-28-16(29)9-10-27(19(17)28)11-20(23,24)25/h1-10H,11H2. The number of hydrogen-bond acceptors (Lipinski definition) is 2. The number of hydrogen-bond donors (Lipinski definition) is 0. The third kappa shape index (κ3) is 3.75. The van der Waals surface area contributed by atoms with Gasteiger partial charge in [0.2, 0.25) is 0 Å². The van der Waals surface area contributed by atoms with Crippen LogP contribution in [0.25, 0.3) is 28.0 Å². The molecule has 0 fully saturated rings. The van der Waals surface area contributed by atoms with E-state index >= 15 is 0 Å². The zero-order chi connectivity index (χ0) is 20.8. The van der Waals surface area contributed by atoms with Gasteiger partial charge in [-0.1, -0.05) is 53.5 Å². The maximum Gasteiger partial charge on any atom is 0.406 e. The molecule has 0 aliphatic carbocycles. The monoisotopic (exact) mass is 437 g/mol. The summed E-state index contributed by atoms with van der Waals surface area (Å²) in [5, 5.41) is 5.16. The molecule has 2 heterocycles. The highest BCUT2D eigenvalue weighted by molar-refractivity contribution is 6.33. The molecule has 9 heteroatoms. The number of fused-ring (bicyclic) bond motifs is 1. The predicted molar refractivity (Wildman–Crippen MR) is 106 cm³/mol. The van der Waals surface area contributed by atoms with E-state index in [4.69, 9.17) is 23.2 Å². The lowest BCUT2D eigenvalue weighted by Crippen LogP contribution is -2.23. The summed E-state index contributed by atoms with van der Waals surface area (Å²) in [6, 6.07) is 14.4. The zero-order valence-electron chi connectivity index (χ0n) is 14.6. The van der Waals surface area contributed by atoms with Crippen molar-refractivity contribution in [3.63, 3.8) is 0 Å². The number of alkyl halides is 3. The fourth-order valence-corrected chi connectivity index (χ4v) is 3.52. The van der Waals surface area contributed by atoms with Crippen LogP contribution in [0, 0.1) is 0 Å². The van der Waals surface area contributed by atoms with Crippen LogP contribution >= 0.6 is 23.2 Å². The lowest BCUT2D eigenvalue weighted by Gasteiger charge is -2.13. The second-order valence-corrected chi connectivity index (χ2v) is 7.19. The Morgan fingerprint density at radius 1 is 0.966 bits per heavy atom. The van der Waals surface area contributed by atoms with E-state index in [1.54, 1.807) is 48.5 Å². The van der Waals surface area contributed by atoms with E-state index in [0.717, 1.165) is 21.3 Å². The first kappa shape index (κ1) is 19.5. The molecule has 0 aliphatic rings. The second kappa shape index (κ2) is 7.24. The molecule has 2 aromatic heterocycles. The average molecular weight is 438 g/mol. The molecule has 4 nitrogen and oxygen atoms in total. The van der Waals surface area contributed by atoms with Gasteiger partial charge < -0.3 is 4.57 Å². The number of benzene rings is 2. The molecule has 2 aromatic carbocycles. The Bertz CT molecular complexity index is 1260. The largest absolute Gasteiger partial charge is 0.406 e. The smallest absolute Gasteiger partial charge is 0.323 e. The average Bonchev–Trinajstić information content (AvgIpc) is 3.06. The van der Waals surface area contributed by atoms with Gasteiger partial charge in [-0.15, -0.1) is 0 Å². The quantitative estimate of drug-likeness (QED) is 0.412. The van der Waals surface area contributed by atoms with Gasteiger partial charge in [-0.05, 0) is 23.8 Å². The third-order valence-corrected chi connectivity index (χ3v) is 4.93. The fourth-order valence-electron chi connectivity index (χ4n) is 3.17. The molecule has 4 rings (SSSR count). The van der Waals surface area contributed by atoms with Crippen molar-refractivity contribution >= 4 is 28.8 Å². The molecule has 0 radical (unpaired) electrons. The summed E-state index contributed by atoms with van der Waals surface area (Å²) >= 11 is 12.3. The van der Waals surface area contributed by atoms with Crippen LogP contribution in [-0.4, -0.2) is 20.4 Å². The molecular weight excluding hydrogens is 426 g/mol. The van der Waals surface area contributed by atoms with E-state index in [0.29, 0.717) is 32.4 Å². The molecule has 0 bridgehead atoms. The van der Waals surface area contributed by atoms with E-state index in [1.807, 2.05) is 0 Å². The maximum atomic E-state index is 13.2. The summed E-state index contributed by atoms with van der Waals surface area (Å²) in [5.41, 5.74) is 1.19. The zero-order valence-corrected chi connectivity index (χ0v) is 16.1. The Balaban J connectivity index is 2.13. The Hall–Kier alpha value is -2.77. The van der Waals surface area contributed by atoms with Crippen LogP contribution in [0.15, 0.2) is 65.6 Å². The Morgan fingerprint density at radius 2 is 1.66 bits per heavy atom. The molecule has 0 atom stereocenters. The van der Waals surface area contributed by atoms with Gasteiger partial charge in [0.15, 0.2) is 0 Å². The molecule has 0 saturated heterocycles. The van der Waals surface area contributed by atoms with Crippen LogP contribution in [0.5, 0.6) is 0 Å². The van der Waals surface area contributed by atoms with Gasteiger partial charge in [0, 0.05) is 22.8 Å². The van der Waals surface area contributed by atoms with Crippen LogP contribution in [0.3, 0.4) is 0 Å². The van der Waals surface area contributed by atoms with Crippen LogP contribution in [0.2, 0.25) is 10.0 Å². The molecule has 0 spiro atoms. The van der Waals surface area contributed by atoms with Crippen molar-refractivity contribution < 1.29 is 13.2 Å². The summed E-state index contributed by atoms with van der Waals surface area (Å²) in [7, 11) is 0. The fraction of sp³-hybridized carbons (Fsp3) is 0.100. The SMILES string of the molecule is O=c1ccn(CC(F)(F)F)c2c(-c3ccc(Cl)cc3)c(-c3ccccc3Cl)nn12. The minimum absolute atomic E-state index is 0.0204. The number of aromatic nitrogens is 3. The van der Waals surface area contributed by atoms with Gasteiger partial charge in [0.1, 0.15) is 17.9 Å². The summed E-state index contributed by atoms with van der Waals surface area (Å²) in [5.74, 6) is 0. The summed E-state index contributed by atoms with van der Waals surface area (Å²) in [6.07, 6.45) is -3.37. The van der Waals surface area contributed by atoms with Crippen LogP contribution in [-0.2, 0) is 6.54 Å². The molecule has 148 valence electrons. The van der Waals surface area contributed by atoms with Crippen LogP contribution in [0.4, 0.5) is 13.2 Å². The molecule has 4 aromatic rings. The van der Waals surface area contributed by atoms with E-state index < -0.39 is 18.3 Å². The Morgan fingerprint density at radius 3 is 2.31 bits per heavy atom. The molecule has 0 N–H and O–H groups in total. The van der Waals surface area contributed by atoms with Crippen LogP contribution in [0.1, 0.15) is 0 Å². The summed E-state index contributed by atoms with van der Waals surface area (Å²) in [6.45, 7) is -1.27. The van der Waals surface area contributed by atoms with Crippen molar-refractivity contribution in [3.8, 4) is 22.4 Å². The second-order valence-electron chi connectivity index (χ2n) is 6.34. The van der Waals surface area contributed by atoms with Crippen molar-refractivity contribution in [3.05, 3.63) is 81.2 Å². The normalized spacial score (nSPS) is 11.9. The first-order chi connectivity index (χ1) is 13.7. The lowest BCUT2D eigenvalue weighted by molar-refractivity contribution is -0.140. The van der Waals surface area contributed by atoms with E-state index in [9.17, 15) is 18.0 Å². The first-order valence-electron chi connectivity index (χ1n) is 8.44. The lowest BCUT2D eigenvalue weighted by atomic mass is 10.0. The van der Waals surface area contributed by atoms with Crippen molar-refractivity contribution in [2.24, 2.45) is 0 Å². The van der Waals surface area contributed by atoms with Crippen LogP contribution < -0.4 is 5.56 Å². The highest BCUT2D eigenvalue weighted by Crippen LogP contribution is 2.38. The van der Waals surface area contributed by atoms with Gasteiger partial charge in [-0.25, -0.2) is 0 Å². The third-order valence-electron chi connectivity index (χ3n) is 4.35. The molecular formula is C20H12Cl2F3N3O. The summed E-state index contributed by atoms with van der Waals surface area (Å²) < 4.78 is 41.5. The molecule has 0 amide bonds. The first-order valence-corrected chi connectivity index (χ1v) is 9.20. The van der Waals surface area contributed by atoms with Gasteiger partial charge >= 0.3 is 6.18 Å². The minimum atomic E-state index is -4.48. The maximum absolute atomic E-state index is 13.2. The van der Waals surface area contributed by atoms with Crippen molar-refractivity contribution in [2.45, 2.75) is 12.7 Å². The van der Waals surface area contributed by atoms with Gasteiger partial charge in [-0.2, -0.15) is 22.8 Å². The van der Waals surface area contributed by atoms with Crippen molar-refractivity contribution in [2.75, 3.05) is 0 Å². The predicted octanol–water partition coefficient (Wildman–Crippen LogP) is 5.70. The topological polar surface area (TPSA) is 39.3 Å². The van der Waals surface area contributed by atoms with Gasteiger partial charge in [0.25, 0.3) is 5.56 Å². The molecule has 0 unspecified atom stereocenters. The Labute approximate surface area is 172 Å². The van der Waals surface area contributed by atoms with E-state index in [2.05, 4.69) is 5.10 Å². The molecule has 29 heavy (non-hydrogen) atoms. The van der Waals surface area contributed by atoms with Gasteiger partial charge in [0.05, 0.1) is 10.6 Å². The van der Waals surface area contributed by atoms with Crippen molar-refractivity contribution in [1.29, 1.82) is 0 Å². The van der Waals surface area contributed by atoms with E-state index in [1.165, 1.54) is 0 Å². The highest BCUT2D eigenvalue weighted by Gasteiger charge is 2.30. The minimum Gasteiger partial charge on any atom is -0.323 e. The van der Waals surface area contributed by atoms with Gasteiger partial charge in [-0.3, -0.25) is 4.79 Å². The number of rotatable bonds is 3. The highest BCUT2D eigenvalue weighted by atomic mass is 35.5. The number of halogens is 5. The van der Waals surface area contributed by atoms with E-state index in [-0.39, 0.29) is 5.65 Å². The molecule has 0 saturated carbocycles. The van der Waals surface area contributed by atoms with Crippen molar-refractivity contribution in [1.82, 2.24) is 14.2 Å². The molecule has 0 aliphatic heterocycles. The number of nitrogens with zero attached hydrogens (tertiary/aromatic N) is 3. The summed E-state index contributed by atoms with van der Waals surface area (Å²) in [4.78, 5) is 12.4.